The average Bonchev–Trinajstić information content (AvgIpc) is 2.48. The SMILES string of the molecule is NC(=O)CSCC(=O)N1CCN(c2ccc(Cl)cc2)CC1. The van der Waals surface area contributed by atoms with Crippen molar-refractivity contribution in [2.75, 3.05) is 42.6 Å². The highest BCUT2D eigenvalue weighted by Gasteiger charge is 2.21. The molecule has 0 atom stereocenters. The molecule has 2 N–H and O–H groups in total. The summed E-state index contributed by atoms with van der Waals surface area (Å²) in [7, 11) is 0. The van der Waals surface area contributed by atoms with Crippen LogP contribution < -0.4 is 10.6 Å². The lowest BCUT2D eigenvalue weighted by molar-refractivity contribution is -0.128. The quantitative estimate of drug-likeness (QED) is 0.882. The average molecular weight is 328 g/mol. The molecule has 1 fully saturated rings. The molecular weight excluding hydrogens is 310 g/mol. The number of nitrogens with zero attached hydrogens (tertiary/aromatic N) is 2. The summed E-state index contributed by atoms with van der Waals surface area (Å²) in [5.41, 5.74) is 6.17. The molecule has 1 aliphatic rings. The van der Waals surface area contributed by atoms with Gasteiger partial charge in [-0.25, -0.2) is 0 Å². The topological polar surface area (TPSA) is 66.6 Å². The second kappa shape index (κ2) is 7.56. The number of primary amides is 1. The van der Waals surface area contributed by atoms with E-state index < -0.39 is 0 Å². The van der Waals surface area contributed by atoms with Gasteiger partial charge < -0.3 is 15.5 Å². The van der Waals surface area contributed by atoms with Gasteiger partial charge in [0.15, 0.2) is 0 Å². The minimum atomic E-state index is -0.389. The largest absolute Gasteiger partial charge is 0.369 e. The lowest BCUT2D eigenvalue weighted by Gasteiger charge is -2.36. The molecule has 1 saturated heterocycles. The number of thioether (sulfide) groups is 1. The molecule has 1 aliphatic heterocycles. The Labute approximate surface area is 133 Å². The summed E-state index contributed by atoms with van der Waals surface area (Å²) >= 11 is 7.15. The standard InChI is InChI=1S/C14H18ClN3O2S/c15-11-1-3-12(4-2-11)17-5-7-18(8-6-17)14(20)10-21-9-13(16)19/h1-4H,5-10H2,(H2,16,19). The van der Waals surface area contributed by atoms with Crippen LogP contribution >= 0.6 is 23.4 Å². The normalized spacial score (nSPS) is 15.1. The molecule has 2 rings (SSSR count). The number of nitrogens with two attached hydrogens (primary N) is 1. The van der Waals surface area contributed by atoms with Gasteiger partial charge in [-0.15, -0.1) is 11.8 Å². The second-order valence-corrected chi connectivity index (χ2v) is 6.23. The van der Waals surface area contributed by atoms with Crippen molar-refractivity contribution in [2.24, 2.45) is 5.73 Å². The number of anilines is 1. The Morgan fingerprint density at radius 3 is 2.29 bits per heavy atom. The van der Waals surface area contributed by atoms with Gasteiger partial charge in [-0.05, 0) is 24.3 Å². The van der Waals surface area contributed by atoms with Crippen molar-refractivity contribution in [1.82, 2.24) is 4.90 Å². The van der Waals surface area contributed by atoms with Crippen molar-refractivity contribution in [1.29, 1.82) is 0 Å². The Balaban J connectivity index is 1.78. The third-order valence-corrected chi connectivity index (χ3v) is 4.49. The summed E-state index contributed by atoms with van der Waals surface area (Å²) in [6, 6.07) is 7.72. The predicted octanol–water partition coefficient (Wildman–Crippen LogP) is 1.21. The molecule has 0 radical (unpaired) electrons. The van der Waals surface area contributed by atoms with Gasteiger partial charge >= 0.3 is 0 Å². The number of carbonyl (C=O) groups is 2. The van der Waals surface area contributed by atoms with Gasteiger partial charge in [-0.3, -0.25) is 9.59 Å². The number of halogens is 1. The first-order chi connectivity index (χ1) is 10.1. The zero-order valence-electron chi connectivity index (χ0n) is 11.6. The molecule has 21 heavy (non-hydrogen) atoms. The maximum absolute atomic E-state index is 12.0. The van der Waals surface area contributed by atoms with Gasteiger partial charge in [0.25, 0.3) is 0 Å². The monoisotopic (exact) mass is 327 g/mol. The molecule has 2 amide bonds. The van der Waals surface area contributed by atoms with Crippen LogP contribution in [0.4, 0.5) is 5.69 Å². The van der Waals surface area contributed by atoms with Crippen LogP contribution in [-0.2, 0) is 9.59 Å². The molecule has 1 aromatic carbocycles. The molecular formula is C14H18ClN3O2S. The Morgan fingerprint density at radius 2 is 1.71 bits per heavy atom. The third kappa shape index (κ3) is 4.82. The molecule has 7 heteroatoms. The van der Waals surface area contributed by atoms with E-state index in [9.17, 15) is 9.59 Å². The summed E-state index contributed by atoms with van der Waals surface area (Å²) in [5, 5.41) is 0.721. The zero-order chi connectivity index (χ0) is 15.2. The van der Waals surface area contributed by atoms with E-state index in [0.717, 1.165) is 23.8 Å². The van der Waals surface area contributed by atoms with Crippen molar-refractivity contribution in [3.63, 3.8) is 0 Å². The third-order valence-electron chi connectivity index (χ3n) is 3.29. The van der Waals surface area contributed by atoms with Crippen LogP contribution in [0.25, 0.3) is 0 Å². The Hall–Kier alpha value is -1.40. The molecule has 1 aromatic rings. The van der Waals surface area contributed by atoms with Crippen LogP contribution in [0, 0.1) is 0 Å². The van der Waals surface area contributed by atoms with Crippen LogP contribution in [0.5, 0.6) is 0 Å². The molecule has 0 aromatic heterocycles. The number of piperazine rings is 1. The Kier molecular flexibility index (Phi) is 5.76. The maximum Gasteiger partial charge on any atom is 0.232 e. The van der Waals surface area contributed by atoms with Gasteiger partial charge in [0, 0.05) is 36.9 Å². The highest BCUT2D eigenvalue weighted by atomic mass is 35.5. The van der Waals surface area contributed by atoms with Gasteiger partial charge in [0.05, 0.1) is 11.5 Å². The molecule has 0 unspecified atom stereocenters. The predicted molar refractivity (Wildman–Crippen MR) is 86.8 cm³/mol. The fourth-order valence-electron chi connectivity index (χ4n) is 2.20. The number of rotatable bonds is 5. The zero-order valence-corrected chi connectivity index (χ0v) is 13.2. The number of carbonyl (C=O) groups excluding carboxylic acids is 2. The summed E-state index contributed by atoms with van der Waals surface area (Å²) in [6.45, 7) is 2.99. The van der Waals surface area contributed by atoms with Gasteiger partial charge in [0.1, 0.15) is 0 Å². The molecule has 0 bridgehead atoms. The summed E-state index contributed by atoms with van der Waals surface area (Å²) in [4.78, 5) is 26.7. The molecule has 0 saturated carbocycles. The number of benzene rings is 1. The van der Waals surface area contributed by atoms with Crippen LogP contribution in [-0.4, -0.2) is 54.4 Å². The highest BCUT2D eigenvalue weighted by Crippen LogP contribution is 2.19. The number of amides is 2. The van der Waals surface area contributed by atoms with E-state index >= 15 is 0 Å². The van der Waals surface area contributed by atoms with E-state index in [2.05, 4.69) is 4.90 Å². The van der Waals surface area contributed by atoms with Gasteiger partial charge in [0.2, 0.25) is 11.8 Å². The van der Waals surface area contributed by atoms with Crippen molar-refractivity contribution in [2.45, 2.75) is 0 Å². The van der Waals surface area contributed by atoms with Gasteiger partial charge in [-0.2, -0.15) is 0 Å². The molecule has 0 spiro atoms. The summed E-state index contributed by atoms with van der Waals surface area (Å²) < 4.78 is 0. The molecule has 1 heterocycles. The first-order valence-corrected chi connectivity index (χ1v) is 8.24. The van der Waals surface area contributed by atoms with Crippen LogP contribution in [0.1, 0.15) is 0 Å². The maximum atomic E-state index is 12.0. The molecule has 114 valence electrons. The van der Waals surface area contributed by atoms with Crippen LogP contribution in [0.3, 0.4) is 0 Å². The van der Waals surface area contributed by atoms with Gasteiger partial charge in [-0.1, -0.05) is 11.6 Å². The lowest BCUT2D eigenvalue weighted by Crippen LogP contribution is -2.49. The second-order valence-electron chi connectivity index (χ2n) is 4.80. The smallest absolute Gasteiger partial charge is 0.232 e. The van der Waals surface area contributed by atoms with E-state index in [1.54, 1.807) is 0 Å². The van der Waals surface area contributed by atoms with E-state index in [4.69, 9.17) is 17.3 Å². The Bertz CT molecular complexity index is 501. The number of hydrogen-bond acceptors (Lipinski definition) is 4. The first kappa shape index (κ1) is 16.0. The van der Waals surface area contributed by atoms with E-state index in [1.807, 2.05) is 29.2 Å². The van der Waals surface area contributed by atoms with E-state index in [0.29, 0.717) is 18.8 Å². The minimum absolute atomic E-state index is 0.0667. The minimum Gasteiger partial charge on any atom is -0.369 e. The van der Waals surface area contributed by atoms with Crippen molar-refractivity contribution in [3.8, 4) is 0 Å². The fourth-order valence-corrected chi connectivity index (χ4v) is 2.98. The fraction of sp³-hybridized carbons (Fsp3) is 0.429. The Morgan fingerprint density at radius 1 is 1.10 bits per heavy atom. The summed E-state index contributed by atoms with van der Waals surface area (Å²) in [5.74, 6) is 0.178. The van der Waals surface area contributed by atoms with Crippen LogP contribution in [0.2, 0.25) is 5.02 Å². The number of hydrogen-bond donors (Lipinski definition) is 1. The van der Waals surface area contributed by atoms with E-state index in [1.165, 1.54) is 11.8 Å². The van der Waals surface area contributed by atoms with Crippen molar-refractivity contribution >= 4 is 40.9 Å². The molecule has 0 aliphatic carbocycles. The lowest BCUT2D eigenvalue weighted by atomic mass is 10.2. The van der Waals surface area contributed by atoms with Crippen molar-refractivity contribution < 1.29 is 9.59 Å². The highest BCUT2D eigenvalue weighted by molar-refractivity contribution is 8.00. The molecule has 5 nitrogen and oxygen atoms in total. The first-order valence-electron chi connectivity index (χ1n) is 6.70. The van der Waals surface area contributed by atoms with Crippen LogP contribution in [0.15, 0.2) is 24.3 Å². The summed E-state index contributed by atoms with van der Waals surface area (Å²) in [6.07, 6.45) is 0. The van der Waals surface area contributed by atoms with Crippen molar-refractivity contribution in [3.05, 3.63) is 29.3 Å². The van der Waals surface area contributed by atoms with E-state index in [-0.39, 0.29) is 17.6 Å².